The molecular formula is C15H32N2O2. The molecule has 0 radical (unpaired) electrons. The highest BCUT2D eigenvalue weighted by Crippen LogP contribution is 2.08. The van der Waals surface area contributed by atoms with Crippen LogP contribution in [0.4, 0.5) is 0 Å². The first-order valence-corrected chi connectivity index (χ1v) is 7.97. The second-order valence-electron chi connectivity index (χ2n) is 5.58. The van der Waals surface area contributed by atoms with Crippen molar-refractivity contribution in [2.45, 2.75) is 58.1 Å². The Bertz CT molecular complexity index is 208. The molecule has 19 heavy (non-hydrogen) atoms. The van der Waals surface area contributed by atoms with Crippen molar-refractivity contribution in [3.63, 3.8) is 0 Å². The summed E-state index contributed by atoms with van der Waals surface area (Å²) in [5.41, 5.74) is 0. The number of nitrogens with zero attached hydrogens (tertiary/aromatic N) is 1. The van der Waals surface area contributed by atoms with Crippen molar-refractivity contribution < 1.29 is 9.84 Å². The van der Waals surface area contributed by atoms with Crippen molar-refractivity contribution in [3.8, 4) is 0 Å². The SMILES string of the molecule is CCCCOCC(O)CN(CC)CC1CCCCN1. The predicted octanol–water partition coefficient (Wildman–Crippen LogP) is 1.63. The molecule has 1 heterocycles. The zero-order valence-electron chi connectivity index (χ0n) is 12.7. The van der Waals surface area contributed by atoms with Gasteiger partial charge in [0.05, 0.1) is 12.7 Å². The normalized spacial score (nSPS) is 21.8. The molecule has 114 valence electrons. The van der Waals surface area contributed by atoms with Gasteiger partial charge in [0.15, 0.2) is 0 Å². The quantitative estimate of drug-likeness (QED) is 0.593. The highest BCUT2D eigenvalue weighted by molar-refractivity contribution is 4.76. The topological polar surface area (TPSA) is 44.7 Å². The van der Waals surface area contributed by atoms with E-state index in [9.17, 15) is 5.11 Å². The predicted molar refractivity (Wildman–Crippen MR) is 79.5 cm³/mol. The van der Waals surface area contributed by atoms with E-state index in [4.69, 9.17) is 4.74 Å². The lowest BCUT2D eigenvalue weighted by Gasteiger charge is -2.31. The molecule has 4 heteroatoms. The van der Waals surface area contributed by atoms with Gasteiger partial charge in [0.25, 0.3) is 0 Å². The summed E-state index contributed by atoms with van der Waals surface area (Å²) in [4.78, 5) is 2.33. The van der Waals surface area contributed by atoms with Gasteiger partial charge >= 0.3 is 0 Å². The van der Waals surface area contributed by atoms with E-state index in [1.54, 1.807) is 0 Å². The van der Waals surface area contributed by atoms with Crippen molar-refractivity contribution in [2.24, 2.45) is 0 Å². The van der Waals surface area contributed by atoms with Gasteiger partial charge in [-0.1, -0.05) is 26.7 Å². The highest BCUT2D eigenvalue weighted by atomic mass is 16.5. The van der Waals surface area contributed by atoms with E-state index in [1.165, 1.54) is 19.3 Å². The van der Waals surface area contributed by atoms with Crippen LogP contribution in [0.3, 0.4) is 0 Å². The first kappa shape index (κ1) is 16.9. The van der Waals surface area contributed by atoms with Crippen molar-refractivity contribution in [2.75, 3.05) is 39.4 Å². The van der Waals surface area contributed by atoms with Gasteiger partial charge in [-0.2, -0.15) is 0 Å². The molecule has 1 aliphatic heterocycles. The Morgan fingerprint density at radius 2 is 2.21 bits per heavy atom. The smallest absolute Gasteiger partial charge is 0.0900 e. The number of rotatable bonds is 10. The Balaban J connectivity index is 2.15. The Hall–Kier alpha value is -0.160. The second-order valence-corrected chi connectivity index (χ2v) is 5.58. The molecule has 1 aliphatic rings. The average molecular weight is 272 g/mol. The number of nitrogens with one attached hydrogen (secondary N) is 1. The van der Waals surface area contributed by atoms with Crippen LogP contribution in [0.25, 0.3) is 0 Å². The van der Waals surface area contributed by atoms with E-state index in [0.29, 0.717) is 12.6 Å². The number of unbranched alkanes of at least 4 members (excludes halogenated alkanes) is 1. The molecule has 0 saturated carbocycles. The van der Waals surface area contributed by atoms with Gasteiger partial charge in [0, 0.05) is 25.7 Å². The monoisotopic (exact) mass is 272 g/mol. The van der Waals surface area contributed by atoms with Gasteiger partial charge in [0.2, 0.25) is 0 Å². The number of ether oxygens (including phenoxy) is 1. The van der Waals surface area contributed by atoms with Crippen LogP contribution in [0.2, 0.25) is 0 Å². The summed E-state index contributed by atoms with van der Waals surface area (Å²) in [7, 11) is 0. The summed E-state index contributed by atoms with van der Waals surface area (Å²) >= 11 is 0. The Morgan fingerprint density at radius 1 is 1.37 bits per heavy atom. The van der Waals surface area contributed by atoms with Crippen LogP contribution in [0.1, 0.15) is 46.0 Å². The van der Waals surface area contributed by atoms with Crippen LogP contribution in [0, 0.1) is 0 Å². The molecule has 0 amide bonds. The lowest BCUT2D eigenvalue weighted by atomic mass is 10.0. The summed E-state index contributed by atoms with van der Waals surface area (Å²) < 4.78 is 5.48. The molecule has 1 rings (SSSR count). The molecule has 1 saturated heterocycles. The van der Waals surface area contributed by atoms with E-state index in [0.717, 1.165) is 45.6 Å². The van der Waals surface area contributed by atoms with Gasteiger partial charge in [-0.3, -0.25) is 4.90 Å². The number of hydrogen-bond donors (Lipinski definition) is 2. The number of aliphatic hydroxyl groups is 1. The number of likely N-dealkylation sites (N-methyl/N-ethyl adjacent to an activating group) is 1. The van der Waals surface area contributed by atoms with Crippen molar-refractivity contribution in [1.29, 1.82) is 0 Å². The average Bonchev–Trinajstić information content (AvgIpc) is 2.44. The summed E-state index contributed by atoms with van der Waals surface area (Å²) in [6.07, 6.45) is 5.76. The van der Waals surface area contributed by atoms with E-state index in [1.807, 2.05) is 0 Å². The van der Waals surface area contributed by atoms with Gasteiger partial charge in [0.1, 0.15) is 0 Å². The minimum Gasteiger partial charge on any atom is -0.389 e. The lowest BCUT2D eigenvalue weighted by Crippen LogP contribution is -2.46. The standard InChI is InChI=1S/C15H32N2O2/c1-3-5-10-19-13-15(18)12-17(4-2)11-14-8-6-7-9-16-14/h14-16,18H,3-13H2,1-2H3. The van der Waals surface area contributed by atoms with Gasteiger partial charge in [-0.25, -0.2) is 0 Å². The van der Waals surface area contributed by atoms with Crippen LogP contribution in [-0.4, -0.2) is 61.5 Å². The Morgan fingerprint density at radius 3 is 2.84 bits per heavy atom. The zero-order chi connectivity index (χ0) is 13.9. The number of hydrogen-bond acceptors (Lipinski definition) is 4. The number of aliphatic hydroxyl groups excluding tert-OH is 1. The maximum atomic E-state index is 9.99. The molecule has 0 bridgehead atoms. The molecule has 0 aromatic heterocycles. The molecular weight excluding hydrogens is 240 g/mol. The first-order valence-electron chi connectivity index (χ1n) is 7.97. The molecule has 2 N–H and O–H groups in total. The second kappa shape index (κ2) is 10.6. The fraction of sp³-hybridized carbons (Fsp3) is 1.00. The van der Waals surface area contributed by atoms with E-state index >= 15 is 0 Å². The summed E-state index contributed by atoms with van der Waals surface area (Å²) in [6, 6.07) is 0.599. The summed E-state index contributed by atoms with van der Waals surface area (Å²) in [5, 5.41) is 13.6. The minimum atomic E-state index is -0.361. The summed E-state index contributed by atoms with van der Waals surface area (Å²) in [6.45, 7) is 9.44. The molecule has 0 aliphatic carbocycles. The number of piperidine rings is 1. The Kier molecular flexibility index (Phi) is 9.43. The molecule has 4 nitrogen and oxygen atoms in total. The van der Waals surface area contributed by atoms with Crippen molar-refractivity contribution in [1.82, 2.24) is 10.2 Å². The third-order valence-electron chi connectivity index (χ3n) is 3.76. The largest absolute Gasteiger partial charge is 0.389 e. The van der Waals surface area contributed by atoms with E-state index in [2.05, 4.69) is 24.1 Å². The van der Waals surface area contributed by atoms with Crippen LogP contribution < -0.4 is 5.32 Å². The molecule has 2 atom stereocenters. The molecule has 2 unspecified atom stereocenters. The third-order valence-corrected chi connectivity index (χ3v) is 3.76. The van der Waals surface area contributed by atoms with Crippen molar-refractivity contribution in [3.05, 3.63) is 0 Å². The minimum absolute atomic E-state index is 0.361. The zero-order valence-corrected chi connectivity index (χ0v) is 12.7. The Labute approximate surface area is 118 Å². The molecule has 0 aromatic rings. The first-order chi connectivity index (χ1) is 9.26. The highest BCUT2D eigenvalue weighted by Gasteiger charge is 2.17. The molecule has 1 fully saturated rings. The van der Waals surface area contributed by atoms with Gasteiger partial charge in [-0.15, -0.1) is 0 Å². The summed E-state index contributed by atoms with van der Waals surface area (Å²) in [5.74, 6) is 0. The van der Waals surface area contributed by atoms with E-state index < -0.39 is 0 Å². The van der Waals surface area contributed by atoms with Gasteiger partial charge in [-0.05, 0) is 32.4 Å². The maximum absolute atomic E-state index is 9.99. The molecule has 0 aromatic carbocycles. The van der Waals surface area contributed by atoms with Crippen molar-refractivity contribution >= 4 is 0 Å². The third kappa shape index (κ3) is 7.88. The fourth-order valence-corrected chi connectivity index (χ4v) is 2.54. The van der Waals surface area contributed by atoms with Gasteiger partial charge < -0.3 is 15.2 Å². The van der Waals surface area contributed by atoms with Crippen LogP contribution in [-0.2, 0) is 4.74 Å². The van der Waals surface area contributed by atoms with Crippen LogP contribution >= 0.6 is 0 Å². The molecule has 0 spiro atoms. The maximum Gasteiger partial charge on any atom is 0.0900 e. The van der Waals surface area contributed by atoms with E-state index in [-0.39, 0.29) is 6.10 Å². The van der Waals surface area contributed by atoms with Crippen LogP contribution in [0.15, 0.2) is 0 Å². The lowest BCUT2D eigenvalue weighted by molar-refractivity contribution is 0.0147. The fourth-order valence-electron chi connectivity index (χ4n) is 2.54. The van der Waals surface area contributed by atoms with Crippen LogP contribution in [0.5, 0.6) is 0 Å².